The van der Waals surface area contributed by atoms with Crippen LogP contribution in [0.2, 0.25) is 0 Å². The molecule has 13 nitrogen and oxygen atoms in total. The Balaban J connectivity index is 5.38. The molecule has 0 aliphatic rings. The maximum absolute atomic E-state index is 13.0. The van der Waals surface area contributed by atoms with Crippen LogP contribution in [0.3, 0.4) is 0 Å². The Bertz CT molecular complexity index is 733. The second-order valence-electron chi connectivity index (χ2n) is 8.33. The molecule has 0 aliphatic carbocycles. The van der Waals surface area contributed by atoms with Crippen molar-refractivity contribution in [1.29, 1.82) is 0 Å². The molecule has 35 heavy (non-hydrogen) atoms. The smallest absolute Gasteiger partial charge is 0.326 e. The molecule has 0 aromatic rings. The van der Waals surface area contributed by atoms with Crippen LogP contribution in [-0.4, -0.2) is 88.7 Å². The number of hydrogen-bond donors (Lipinski definition) is 8. The van der Waals surface area contributed by atoms with Crippen molar-refractivity contribution in [1.82, 2.24) is 16.0 Å². The summed E-state index contributed by atoms with van der Waals surface area (Å²) in [7, 11) is 0. The van der Waals surface area contributed by atoms with Gasteiger partial charge in [-0.2, -0.15) is 11.8 Å². The number of carboxylic acid groups (broad SMARTS) is 1. The fraction of sp³-hybridized carbons (Fsp3) is 0.762. The summed E-state index contributed by atoms with van der Waals surface area (Å²) in [6.07, 6.45) is 1.82. The van der Waals surface area contributed by atoms with Gasteiger partial charge in [-0.05, 0) is 44.1 Å². The Morgan fingerprint density at radius 2 is 1.54 bits per heavy atom. The third-order valence-electron chi connectivity index (χ3n) is 5.39. The van der Waals surface area contributed by atoms with Gasteiger partial charge in [-0.3, -0.25) is 19.4 Å². The Labute approximate surface area is 210 Å². The lowest BCUT2D eigenvalue weighted by Gasteiger charge is -2.29. The van der Waals surface area contributed by atoms with Crippen LogP contribution >= 0.6 is 11.8 Å². The number of nitrogens with two attached hydrogens (primary N) is 3. The van der Waals surface area contributed by atoms with Gasteiger partial charge >= 0.3 is 5.97 Å². The molecule has 0 aromatic carbocycles. The number of aliphatic hydroxyl groups excluding tert-OH is 1. The molecule has 0 spiro atoms. The van der Waals surface area contributed by atoms with Gasteiger partial charge in [-0.25, -0.2) is 4.79 Å². The average molecular weight is 520 g/mol. The van der Waals surface area contributed by atoms with Crippen LogP contribution < -0.4 is 33.2 Å². The number of hydrogen-bond acceptors (Lipinski definition) is 8. The minimum absolute atomic E-state index is 0.0256. The first-order valence-electron chi connectivity index (χ1n) is 11.5. The van der Waals surface area contributed by atoms with Gasteiger partial charge in [0.2, 0.25) is 17.7 Å². The Hall–Kier alpha value is -2.58. The molecule has 0 rings (SSSR count). The van der Waals surface area contributed by atoms with Crippen LogP contribution in [0.5, 0.6) is 0 Å². The fourth-order valence-electron chi connectivity index (χ4n) is 3.01. The van der Waals surface area contributed by atoms with Gasteiger partial charge in [0.05, 0.1) is 12.1 Å². The lowest BCUT2D eigenvalue weighted by atomic mass is 9.97. The number of thioether (sulfide) groups is 1. The molecule has 202 valence electrons. The first kappa shape index (κ1) is 32.4. The number of nitrogens with zero attached hydrogens (tertiary/aromatic N) is 1. The molecular formula is C21H41N7O6S. The topological polar surface area (TPSA) is 235 Å². The summed E-state index contributed by atoms with van der Waals surface area (Å²) in [6, 6.07) is -4.53. The van der Waals surface area contributed by atoms with Crippen LogP contribution in [0.1, 0.15) is 46.5 Å². The number of guanidine groups is 1. The number of carbonyl (C=O) groups excluding carboxylic acids is 3. The van der Waals surface area contributed by atoms with Crippen LogP contribution in [0.15, 0.2) is 4.99 Å². The van der Waals surface area contributed by atoms with Gasteiger partial charge in [0.15, 0.2) is 5.96 Å². The Morgan fingerprint density at radius 1 is 0.971 bits per heavy atom. The van der Waals surface area contributed by atoms with Gasteiger partial charge in [0, 0.05) is 6.54 Å². The highest BCUT2D eigenvalue weighted by Crippen LogP contribution is 2.10. The van der Waals surface area contributed by atoms with E-state index in [-0.39, 0.29) is 31.3 Å². The maximum Gasteiger partial charge on any atom is 0.326 e. The highest BCUT2D eigenvalue weighted by molar-refractivity contribution is 7.98. The number of nitrogens with one attached hydrogen (secondary N) is 3. The number of aliphatic imine (C=N–C) groups is 1. The molecule has 3 amide bonds. The zero-order valence-electron chi connectivity index (χ0n) is 20.8. The lowest BCUT2D eigenvalue weighted by Crippen LogP contribution is -2.61. The zero-order chi connectivity index (χ0) is 27.1. The summed E-state index contributed by atoms with van der Waals surface area (Å²) < 4.78 is 0. The quantitative estimate of drug-likeness (QED) is 0.0602. The van der Waals surface area contributed by atoms with Crippen LogP contribution in [0.4, 0.5) is 0 Å². The maximum atomic E-state index is 13.0. The second kappa shape index (κ2) is 16.9. The van der Waals surface area contributed by atoms with E-state index in [1.54, 1.807) is 18.7 Å². The average Bonchev–Trinajstić information content (AvgIpc) is 2.79. The molecule has 0 aromatic heterocycles. The summed E-state index contributed by atoms with van der Waals surface area (Å²) in [5.74, 6) is -3.11. The molecule has 11 N–H and O–H groups in total. The normalized spacial score (nSPS) is 16.1. The minimum Gasteiger partial charge on any atom is -0.480 e. The van der Waals surface area contributed by atoms with Crippen molar-refractivity contribution in [3.05, 3.63) is 0 Å². The van der Waals surface area contributed by atoms with Crippen molar-refractivity contribution in [3.63, 3.8) is 0 Å². The van der Waals surface area contributed by atoms with E-state index in [1.165, 1.54) is 6.92 Å². The third kappa shape index (κ3) is 12.6. The van der Waals surface area contributed by atoms with Crippen LogP contribution in [-0.2, 0) is 19.2 Å². The molecule has 0 bridgehead atoms. The third-order valence-corrected chi connectivity index (χ3v) is 6.03. The zero-order valence-corrected chi connectivity index (χ0v) is 21.6. The number of aliphatic carboxylic acids is 1. The predicted molar refractivity (Wildman–Crippen MR) is 135 cm³/mol. The molecule has 0 saturated heterocycles. The first-order valence-corrected chi connectivity index (χ1v) is 12.9. The summed E-state index contributed by atoms with van der Waals surface area (Å²) in [5.41, 5.74) is 16.4. The lowest BCUT2D eigenvalue weighted by molar-refractivity contribution is -0.143. The Morgan fingerprint density at radius 3 is 2.03 bits per heavy atom. The molecule has 6 unspecified atom stereocenters. The van der Waals surface area contributed by atoms with E-state index in [0.29, 0.717) is 18.6 Å². The van der Waals surface area contributed by atoms with Crippen molar-refractivity contribution in [2.45, 2.75) is 76.7 Å². The van der Waals surface area contributed by atoms with Crippen LogP contribution in [0, 0.1) is 5.92 Å². The van der Waals surface area contributed by atoms with E-state index in [4.69, 9.17) is 17.2 Å². The number of carboxylic acids is 1. The van der Waals surface area contributed by atoms with Crippen LogP contribution in [0.25, 0.3) is 0 Å². The standard InChI is InChI=1S/C21H41N7O6S/c1-5-11(2)15(27-17(30)13(22)8-10-35-4)18(31)28-16(12(3)29)19(32)26-14(20(33)34)7-6-9-25-21(23)24/h11-16,29H,5-10,22H2,1-4H3,(H,26,32)(H,27,30)(H,28,31)(H,33,34)(H4,23,24,25). The number of aliphatic hydroxyl groups is 1. The molecule has 0 saturated carbocycles. The molecular weight excluding hydrogens is 478 g/mol. The largest absolute Gasteiger partial charge is 0.480 e. The number of rotatable bonds is 17. The van der Waals surface area contributed by atoms with Gasteiger partial charge in [0.25, 0.3) is 0 Å². The highest BCUT2D eigenvalue weighted by atomic mass is 32.2. The van der Waals surface area contributed by atoms with E-state index in [0.717, 1.165) is 0 Å². The SMILES string of the molecule is CCC(C)C(NC(=O)C(N)CCSC)C(=O)NC(C(=O)NC(CCCN=C(N)N)C(=O)O)C(C)O. The van der Waals surface area contributed by atoms with E-state index in [1.807, 2.05) is 13.2 Å². The second-order valence-corrected chi connectivity index (χ2v) is 9.32. The minimum atomic E-state index is -1.45. The summed E-state index contributed by atoms with van der Waals surface area (Å²) in [5, 5.41) is 26.9. The summed E-state index contributed by atoms with van der Waals surface area (Å²) in [6.45, 7) is 5.05. The van der Waals surface area contributed by atoms with E-state index in [9.17, 15) is 29.4 Å². The molecule has 0 radical (unpaired) electrons. The number of carbonyl (C=O) groups is 4. The molecule has 6 atom stereocenters. The molecule has 0 heterocycles. The van der Waals surface area contributed by atoms with Crippen molar-refractivity contribution in [3.8, 4) is 0 Å². The molecule has 14 heteroatoms. The van der Waals surface area contributed by atoms with E-state index >= 15 is 0 Å². The summed E-state index contributed by atoms with van der Waals surface area (Å²) >= 11 is 1.54. The van der Waals surface area contributed by atoms with Gasteiger partial charge < -0.3 is 43.4 Å². The van der Waals surface area contributed by atoms with Crippen molar-refractivity contribution >= 4 is 41.4 Å². The molecule has 0 aliphatic heterocycles. The van der Waals surface area contributed by atoms with Crippen molar-refractivity contribution in [2.75, 3.05) is 18.6 Å². The van der Waals surface area contributed by atoms with Crippen molar-refractivity contribution in [2.24, 2.45) is 28.1 Å². The Kier molecular flexibility index (Phi) is 15.7. The van der Waals surface area contributed by atoms with E-state index in [2.05, 4.69) is 20.9 Å². The van der Waals surface area contributed by atoms with Gasteiger partial charge in [-0.1, -0.05) is 20.3 Å². The van der Waals surface area contributed by atoms with Gasteiger partial charge in [-0.15, -0.1) is 0 Å². The fourth-order valence-corrected chi connectivity index (χ4v) is 3.50. The van der Waals surface area contributed by atoms with E-state index < -0.39 is 54.0 Å². The summed E-state index contributed by atoms with van der Waals surface area (Å²) in [4.78, 5) is 53.6. The first-order chi connectivity index (χ1) is 16.3. The number of amides is 3. The monoisotopic (exact) mass is 519 g/mol. The predicted octanol–water partition coefficient (Wildman–Crippen LogP) is -1.91. The van der Waals surface area contributed by atoms with Gasteiger partial charge in [0.1, 0.15) is 18.1 Å². The highest BCUT2D eigenvalue weighted by Gasteiger charge is 2.34. The van der Waals surface area contributed by atoms with Crippen molar-refractivity contribution < 1.29 is 29.4 Å². The molecule has 0 fully saturated rings.